The highest BCUT2D eigenvalue weighted by Gasteiger charge is 2.21. The van der Waals surface area contributed by atoms with Gasteiger partial charge in [0.05, 0.1) is 11.3 Å². The normalized spacial score (nSPS) is 11.7. The zero-order valence-corrected chi connectivity index (χ0v) is 13.6. The molecule has 0 bridgehead atoms. The summed E-state index contributed by atoms with van der Waals surface area (Å²) in [6, 6.07) is 5.75. The molecule has 1 amide bonds. The van der Waals surface area contributed by atoms with Gasteiger partial charge in [0.1, 0.15) is 0 Å². The molecule has 1 aromatic carbocycles. The molecule has 0 unspecified atom stereocenters. The van der Waals surface area contributed by atoms with E-state index in [1.54, 1.807) is 13.8 Å². The van der Waals surface area contributed by atoms with Crippen molar-refractivity contribution >= 4 is 27.6 Å². The number of nitrogens with one attached hydrogen (secondary N) is 1. The number of amides is 1. The van der Waals surface area contributed by atoms with Crippen LogP contribution in [0, 0.1) is 5.92 Å². The number of hydrogen-bond donors (Lipinski definition) is 2. The Bertz CT molecular complexity index is 638. The van der Waals surface area contributed by atoms with Crippen LogP contribution >= 0.6 is 0 Å². The third-order valence-electron chi connectivity index (χ3n) is 2.99. The van der Waals surface area contributed by atoms with Crippen LogP contribution in [-0.4, -0.2) is 43.3 Å². The first kappa shape index (κ1) is 18.1. The van der Waals surface area contributed by atoms with Crippen LogP contribution in [0.2, 0.25) is 0 Å². The Morgan fingerprint density at radius 1 is 1.23 bits per heavy atom. The minimum atomic E-state index is -3.74. The van der Waals surface area contributed by atoms with Crippen molar-refractivity contribution in [2.75, 3.05) is 18.9 Å². The Kier molecular flexibility index (Phi) is 6.07. The minimum Gasteiger partial charge on any atom is -0.481 e. The fourth-order valence-corrected chi connectivity index (χ4v) is 2.72. The molecule has 0 atom stereocenters. The molecular formula is C14H20N2O5S. The van der Waals surface area contributed by atoms with Crippen molar-refractivity contribution in [1.29, 1.82) is 0 Å². The number of carbonyl (C=O) groups excluding carboxylic acids is 1. The highest BCUT2D eigenvalue weighted by Crippen LogP contribution is 2.18. The summed E-state index contributed by atoms with van der Waals surface area (Å²) in [5.74, 6) is -1.39. The van der Waals surface area contributed by atoms with Crippen molar-refractivity contribution in [3.8, 4) is 0 Å². The van der Waals surface area contributed by atoms with Crippen LogP contribution in [0.1, 0.15) is 20.3 Å². The molecule has 0 spiro atoms. The maximum Gasteiger partial charge on any atom is 0.304 e. The molecule has 0 heterocycles. The largest absolute Gasteiger partial charge is 0.481 e. The van der Waals surface area contributed by atoms with Crippen molar-refractivity contribution in [1.82, 2.24) is 4.31 Å². The number of anilines is 1. The first-order valence-corrected chi connectivity index (χ1v) is 8.17. The highest BCUT2D eigenvalue weighted by molar-refractivity contribution is 7.89. The fraction of sp³-hybridized carbons (Fsp3) is 0.429. The van der Waals surface area contributed by atoms with Crippen LogP contribution < -0.4 is 5.32 Å². The lowest BCUT2D eigenvalue weighted by Crippen LogP contribution is -2.29. The summed E-state index contributed by atoms with van der Waals surface area (Å²) in [6.45, 7) is 3.40. The van der Waals surface area contributed by atoms with Gasteiger partial charge >= 0.3 is 5.97 Å². The molecule has 1 rings (SSSR count). The Morgan fingerprint density at radius 3 is 2.23 bits per heavy atom. The van der Waals surface area contributed by atoms with Gasteiger partial charge < -0.3 is 10.4 Å². The second-order valence-electron chi connectivity index (χ2n) is 5.14. The Hall–Kier alpha value is -1.93. The SMILES string of the molecule is CC(C)C(=O)Nc1ccc(S(=O)(=O)N(C)CCC(=O)O)cc1. The number of rotatable bonds is 7. The third kappa shape index (κ3) is 4.81. The van der Waals surface area contributed by atoms with E-state index in [9.17, 15) is 18.0 Å². The van der Waals surface area contributed by atoms with Crippen LogP contribution in [0.15, 0.2) is 29.2 Å². The molecule has 1 aromatic rings. The first-order valence-electron chi connectivity index (χ1n) is 6.73. The van der Waals surface area contributed by atoms with E-state index in [-0.39, 0.29) is 29.7 Å². The van der Waals surface area contributed by atoms with E-state index >= 15 is 0 Å². The van der Waals surface area contributed by atoms with Gasteiger partial charge in [0.25, 0.3) is 0 Å². The van der Waals surface area contributed by atoms with Gasteiger partial charge in [0, 0.05) is 25.2 Å². The second kappa shape index (κ2) is 7.37. The van der Waals surface area contributed by atoms with Gasteiger partial charge in [-0.15, -0.1) is 0 Å². The lowest BCUT2D eigenvalue weighted by Gasteiger charge is -2.16. The second-order valence-corrected chi connectivity index (χ2v) is 7.18. The smallest absolute Gasteiger partial charge is 0.304 e. The van der Waals surface area contributed by atoms with Crippen LogP contribution in [0.5, 0.6) is 0 Å². The maximum absolute atomic E-state index is 12.2. The van der Waals surface area contributed by atoms with Crippen LogP contribution in [-0.2, 0) is 19.6 Å². The predicted octanol–water partition coefficient (Wildman–Crippen LogP) is 1.38. The van der Waals surface area contributed by atoms with Crippen molar-refractivity contribution in [3.05, 3.63) is 24.3 Å². The van der Waals surface area contributed by atoms with Crippen LogP contribution in [0.4, 0.5) is 5.69 Å². The van der Waals surface area contributed by atoms with E-state index in [1.807, 2.05) is 0 Å². The molecule has 7 nitrogen and oxygen atoms in total. The molecule has 0 aliphatic heterocycles. The summed E-state index contributed by atoms with van der Waals surface area (Å²) in [5.41, 5.74) is 0.505. The number of benzene rings is 1. The Labute approximate surface area is 130 Å². The summed E-state index contributed by atoms with van der Waals surface area (Å²) in [6.07, 6.45) is -0.266. The standard InChI is InChI=1S/C14H20N2O5S/c1-10(2)14(19)15-11-4-6-12(7-5-11)22(20,21)16(3)9-8-13(17)18/h4-7,10H,8-9H2,1-3H3,(H,15,19)(H,17,18). The van der Waals surface area contributed by atoms with Crippen LogP contribution in [0.25, 0.3) is 0 Å². The Balaban J connectivity index is 2.84. The number of carbonyl (C=O) groups is 2. The predicted molar refractivity (Wildman–Crippen MR) is 82.0 cm³/mol. The van der Waals surface area contributed by atoms with Crippen molar-refractivity contribution in [3.63, 3.8) is 0 Å². The molecule has 0 fully saturated rings. The van der Waals surface area contributed by atoms with Gasteiger partial charge in [-0.2, -0.15) is 0 Å². The number of hydrogen-bond acceptors (Lipinski definition) is 4. The van der Waals surface area contributed by atoms with E-state index in [2.05, 4.69) is 5.32 Å². The summed E-state index contributed by atoms with van der Waals surface area (Å²) in [5, 5.41) is 11.3. The van der Waals surface area contributed by atoms with Gasteiger partial charge in [-0.25, -0.2) is 12.7 Å². The van der Waals surface area contributed by atoms with Gasteiger partial charge in [-0.1, -0.05) is 13.8 Å². The van der Waals surface area contributed by atoms with Gasteiger partial charge in [0.15, 0.2) is 0 Å². The molecule has 0 radical (unpaired) electrons. The average molecular weight is 328 g/mol. The van der Waals surface area contributed by atoms with E-state index in [1.165, 1.54) is 31.3 Å². The molecule has 0 aliphatic carbocycles. The lowest BCUT2D eigenvalue weighted by atomic mass is 10.2. The zero-order chi connectivity index (χ0) is 16.9. The van der Waals surface area contributed by atoms with Crippen molar-refractivity contribution in [2.24, 2.45) is 5.92 Å². The molecule has 0 aromatic heterocycles. The zero-order valence-electron chi connectivity index (χ0n) is 12.7. The molecule has 122 valence electrons. The third-order valence-corrected chi connectivity index (χ3v) is 4.87. The van der Waals surface area contributed by atoms with Crippen molar-refractivity contribution < 1.29 is 23.1 Å². The molecule has 2 N–H and O–H groups in total. The minimum absolute atomic E-state index is 0.0444. The molecule has 8 heteroatoms. The fourth-order valence-electron chi connectivity index (χ4n) is 1.55. The quantitative estimate of drug-likeness (QED) is 0.787. The summed E-state index contributed by atoms with van der Waals surface area (Å²) < 4.78 is 25.5. The van der Waals surface area contributed by atoms with Crippen molar-refractivity contribution in [2.45, 2.75) is 25.2 Å². The number of aliphatic carboxylic acids is 1. The first-order chi connectivity index (χ1) is 10.1. The summed E-state index contributed by atoms with van der Waals surface area (Å²) >= 11 is 0. The number of nitrogens with zero attached hydrogens (tertiary/aromatic N) is 1. The molecule has 0 saturated heterocycles. The number of sulfonamides is 1. The van der Waals surface area contributed by atoms with Gasteiger partial charge in [0.2, 0.25) is 15.9 Å². The molecular weight excluding hydrogens is 308 g/mol. The molecule has 22 heavy (non-hydrogen) atoms. The van der Waals surface area contributed by atoms with E-state index in [4.69, 9.17) is 5.11 Å². The summed E-state index contributed by atoms with van der Waals surface area (Å²) in [4.78, 5) is 22.1. The molecule has 0 saturated carbocycles. The lowest BCUT2D eigenvalue weighted by molar-refractivity contribution is -0.137. The van der Waals surface area contributed by atoms with E-state index in [0.29, 0.717) is 5.69 Å². The molecule has 0 aliphatic rings. The number of carboxylic acids is 1. The number of carboxylic acid groups (broad SMARTS) is 1. The topological polar surface area (TPSA) is 104 Å². The monoisotopic (exact) mass is 328 g/mol. The Morgan fingerprint density at radius 2 is 1.77 bits per heavy atom. The highest BCUT2D eigenvalue weighted by atomic mass is 32.2. The van der Waals surface area contributed by atoms with Gasteiger partial charge in [-0.3, -0.25) is 9.59 Å². The van der Waals surface area contributed by atoms with Crippen LogP contribution in [0.3, 0.4) is 0 Å². The van der Waals surface area contributed by atoms with E-state index < -0.39 is 16.0 Å². The average Bonchev–Trinajstić information content (AvgIpc) is 2.44. The van der Waals surface area contributed by atoms with E-state index in [0.717, 1.165) is 4.31 Å². The summed E-state index contributed by atoms with van der Waals surface area (Å²) in [7, 11) is -2.41. The maximum atomic E-state index is 12.2. The van der Waals surface area contributed by atoms with Gasteiger partial charge in [-0.05, 0) is 24.3 Å².